The fourth-order valence-electron chi connectivity index (χ4n) is 5.21. The zero-order valence-electron chi connectivity index (χ0n) is 17.2. The summed E-state index contributed by atoms with van der Waals surface area (Å²) in [6.45, 7) is 9.05. The maximum absolute atomic E-state index is 13.1. The molecule has 1 aromatic rings. The summed E-state index contributed by atoms with van der Waals surface area (Å²) in [6.07, 6.45) is 4.41. The summed E-state index contributed by atoms with van der Waals surface area (Å²) in [7, 11) is 0. The standard InChI is InChI=1S/C22H32N4O2/c1-15-14-18-8-4-5-9-20(18)26(15)21(27)16(2)23-22(28)25-13-10-19(17(25)3)24-11-6-7-12-24/h4-5,8-9,15-17,19H,6-7,10-14H2,1-3H3,(H,23,28). The Labute approximate surface area is 167 Å². The lowest BCUT2D eigenvalue weighted by Gasteiger charge is -2.32. The minimum absolute atomic E-state index is 0.0336. The van der Waals surface area contributed by atoms with Crippen molar-refractivity contribution in [2.75, 3.05) is 24.5 Å². The van der Waals surface area contributed by atoms with Crippen molar-refractivity contribution in [2.24, 2.45) is 0 Å². The van der Waals surface area contributed by atoms with Crippen molar-refractivity contribution in [1.29, 1.82) is 0 Å². The highest BCUT2D eigenvalue weighted by Crippen LogP contribution is 2.32. The lowest BCUT2D eigenvalue weighted by atomic mass is 10.1. The number of urea groups is 1. The summed E-state index contributed by atoms with van der Waals surface area (Å²) >= 11 is 0. The fourth-order valence-corrected chi connectivity index (χ4v) is 5.21. The van der Waals surface area contributed by atoms with E-state index in [2.05, 4.69) is 30.1 Å². The van der Waals surface area contributed by atoms with Gasteiger partial charge < -0.3 is 15.1 Å². The van der Waals surface area contributed by atoms with Gasteiger partial charge in [-0.15, -0.1) is 0 Å². The second-order valence-electron chi connectivity index (χ2n) is 8.59. The second kappa shape index (κ2) is 7.74. The maximum Gasteiger partial charge on any atom is 0.318 e. The number of para-hydroxylation sites is 1. The summed E-state index contributed by atoms with van der Waals surface area (Å²) in [4.78, 5) is 32.3. The van der Waals surface area contributed by atoms with Crippen molar-refractivity contribution in [2.45, 2.75) is 70.6 Å². The Morgan fingerprint density at radius 3 is 2.57 bits per heavy atom. The first-order valence-corrected chi connectivity index (χ1v) is 10.7. The first-order valence-electron chi connectivity index (χ1n) is 10.7. The number of nitrogens with one attached hydrogen (secondary N) is 1. The molecule has 1 N–H and O–H groups in total. The van der Waals surface area contributed by atoms with Crippen LogP contribution >= 0.6 is 0 Å². The summed E-state index contributed by atoms with van der Waals surface area (Å²) in [5.74, 6) is -0.0336. The van der Waals surface area contributed by atoms with Gasteiger partial charge in [0.2, 0.25) is 5.91 Å². The van der Waals surface area contributed by atoms with Gasteiger partial charge in [0.15, 0.2) is 0 Å². The number of rotatable bonds is 3. The molecule has 6 nitrogen and oxygen atoms in total. The highest BCUT2D eigenvalue weighted by atomic mass is 16.2. The highest BCUT2D eigenvalue weighted by molar-refractivity contribution is 6.01. The molecule has 1 aromatic carbocycles. The molecule has 4 rings (SSSR count). The van der Waals surface area contributed by atoms with Crippen LogP contribution in [0, 0.1) is 0 Å². The van der Waals surface area contributed by atoms with Crippen molar-refractivity contribution in [3.63, 3.8) is 0 Å². The Balaban J connectivity index is 1.39. The summed E-state index contributed by atoms with van der Waals surface area (Å²) in [6, 6.07) is 8.14. The molecule has 0 aliphatic carbocycles. The van der Waals surface area contributed by atoms with Crippen LogP contribution < -0.4 is 10.2 Å². The van der Waals surface area contributed by atoms with Gasteiger partial charge in [-0.3, -0.25) is 9.69 Å². The van der Waals surface area contributed by atoms with Crippen LogP contribution in [-0.2, 0) is 11.2 Å². The smallest absolute Gasteiger partial charge is 0.318 e. The van der Waals surface area contributed by atoms with Crippen LogP contribution in [0.25, 0.3) is 0 Å². The van der Waals surface area contributed by atoms with E-state index in [1.807, 2.05) is 28.0 Å². The zero-order valence-corrected chi connectivity index (χ0v) is 17.2. The molecular formula is C22H32N4O2. The van der Waals surface area contributed by atoms with Crippen molar-refractivity contribution >= 4 is 17.6 Å². The molecule has 0 saturated carbocycles. The largest absolute Gasteiger partial charge is 0.326 e. The zero-order chi connectivity index (χ0) is 19.8. The molecule has 3 heterocycles. The third-order valence-corrected chi connectivity index (χ3v) is 6.74. The average molecular weight is 385 g/mol. The fraction of sp³-hybridized carbons (Fsp3) is 0.636. The van der Waals surface area contributed by atoms with Gasteiger partial charge in [-0.1, -0.05) is 18.2 Å². The molecule has 0 bridgehead atoms. The van der Waals surface area contributed by atoms with Crippen LogP contribution in [0.15, 0.2) is 24.3 Å². The quantitative estimate of drug-likeness (QED) is 0.872. The van der Waals surface area contributed by atoms with Gasteiger partial charge in [-0.2, -0.15) is 0 Å². The van der Waals surface area contributed by atoms with E-state index < -0.39 is 6.04 Å². The van der Waals surface area contributed by atoms with E-state index in [9.17, 15) is 9.59 Å². The predicted octanol–water partition coefficient (Wildman–Crippen LogP) is 2.62. The van der Waals surface area contributed by atoms with Crippen LogP contribution in [-0.4, -0.2) is 65.5 Å². The Bertz CT molecular complexity index is 746. The molecule has 0 aromatic heterocycles. The number of amides is 3. The molecule has 4 unspecified atom stereocenters. The first kappa shape index (κ1) is 19.2. The molecule has 0 spiro atoms. The molecule has 3 aliphatic heterocycles. The van der Waals surface area contributed by atoms with Crippen LogP contribution in [0.3, 0.4) is 0 Å². The van der Waals surface area contributed by atoms with E-state index in [1.54, 1.807) is 6.92 Å². The monoisotopic (exact) mass is 384 g/mol. The Hall–Kier alpha value is -2.08. The number of benzene rings is 1. The minimum atomic E-state index is -0.542. The van der Waals surface area contributed by atoms with E-state index in [1.165, 1.54) is 18.4 Å². The number of nitrogens with zero attached hydrogens (tertiary/aromatic N) is 3. The molecule has 0 radical (unpaired) electrons. The van der Waals surface area contributed by atoms with E-state index in [4.69, 9.17) is 0 Å². The van der Waals surface area contributed by atoms with Gasteiger partial charge in [0.1, 0.15) is 6.04 Å². The number of carbonyl (C=O) groups is 2. The summed E-state index contributed by atoms with van der Waals surface area (Å²) in [5.41, 5.74) is 2.17. The normalized spacial score (nSPS) is 28.5. The molecular weight excluding hydrogens is 352 g/mol. The van der Waals surface area contributed by atoms with Gasteiger partial charge in [0.25, 0.3) is 0 Å². The number of anilines is 1. The predicted molar refractivity (Wildman–Crippen MR) is 110 cm³/mol. The number of fused-ring (bicyclic) bond motifs is 1. The Morgan fingerprint density at radius 2 is 1.82 bits per heavy atom. The molecule has 2 saturated heterocycles. The van der Waals surface area contributed by atoms with E-state index in [-0.39, 0.29) is 24.0 Å². The molecule has 152 valence electrons. The van der Waals surface area contributed by atoms with Crippen LogP contribution in [0.2, 0.25) is 0 Å². The lowest BCUT2D eigenvalue weighted by Crippen LogP contribution is -2.54. The molecule has 28 heavy (non-hydrogen) atoms. The van der Waals surface area contributed by atoms with Gasteiger partial charge in [0.05, 0.1) is 0 Å². The van der Waals surface area contributed by atoms with E-state index in [0.29, 0.717) is 6.04 Å². The van der Waals surface area contributed by atoms with Gasteiger partial charge in [0, 0.05) is 30.4 Å². The van der Waals surface area contributed by atoms with Crippen molar-refractivity contribution in [3.8, 4) is 0 Å². The average Bonchev–Trinajstić information content (AvgIpc) is 3.38. The molecule has 4 atom stereocenters. The molecule has 6 heteroatoms. The summed E-state index contributed by atoms with van der Waals surface area (Å²) in [5, 5.41) is 2.97. The van der Waals surface area contributed by atoms with Crippen molar-refractivity contribution in [1.82, 2.24) is 15.1 Å². The molecule has 3 amide bonds. The summed E-state index contributed by atoms with van der Waals surface area (Å²) < 4.78 is 0. The van der Waals surface area contributed by atoms with Gasteiger partial charge in [-0.05, 0) is 71.2 Å². The SMILES string of the molecule is CC(NC(=O)N1CCC(N2CCCC2)C1C)C(=O)N1c2ccccc2CC1C. The number of likely N-dealkylation sites (tertiary alicyclic amines) is 2. The van der Waals surface area contributed by atoms with E-state index >= 15 is 0 Å². The lowest BCUT2D eigenvalue weighted by molar-refractivity contribution is -0.120. The number of hydrogen-bond acceptors (Lipinski definition) is 3. The van der Waals surface area contributed by atoms with Crippen molar-refractivity contribution in [3.05, 3.63) is 29.8 Å². The topological polar surface area (TPSA) is 55.9 Å². The van der Waals surface area contributed by atoms with Crippen LogP contribution in [0.5, 0.6) is 0 Å². The third-order valence-electron chi connectivity index (χ3n) is 6.74. The minimum Gasteiger partial charge on any atom is -0.326 e. The molecule has 2 fully saturated rings. The Kier molecular flexibility index (Phi) is 5.32. The first-order chi connectivity index (χ1) is 13.5. The molecule has 3 aliphatic rings. The number of carbonyl (C=O) groups excluding carboxylic acids is 2. The van der Waals surface area contributed by atoms with Crippen LogP contribution in [0.1, 0.15) is 45.6 Å². The second-order valence-corrected chi connectivity index (χ2v) is 8.59. The Morgan fingerprint density at radius 1 is 1.11 bits per heavy atom. The van der Waals surface area contributed by atoms with Crippen LogP contribution in [0.4, 0.5) is 10.5 Å². The highest BCUT2D eigenvalue weighted by Gasteiger charge is 2.39. The third kappa shape index (κ3) is 3.39. The van der Waals surface area contributed by atoms with Gasteiger partial charge >= 0.3 is 6.03 Å². The van der Waals surface area contributed by atoms with Crippen molar-refractivity contribution < 1.29 is 9.59 Å². The van der Waals surface area contributed by atoms with Gasteiger partial charge in [-0.25, -0.2) is 4.79 Å². The number of hydrogen-bond donors (Lipinski definition) is 1. The maximum atomic E-state index is 13.1. The van der Waals surface area contributed by atoms with E-state index in [0.717, 1.165) is 38.2 Å².